The normalized spacial score (nSPS) is 10.7. The number of phenols is 1. The van der Waals surface area contributed by atoms with Gasteiger partial charge in [-0.1, -0.05) is 36.4 Å². The molecular weight excluding hydrogens is 532 g/mol. The zero-order chi connectivity index (χ0) is 25.8. The van der Waals surface area contributed by atoms with Gasteiger partial charge in [-0.25, -0.2) is 4.98 Å². The molecule has 3 N–H and O–H groups in total. The number of benzene rings is 3. The van der Waals surface area contributed by atoms with Crippen LogP contribution in [0, 0.1) is 11.3 Å². The minimum atomic E-state index is -0.192. The average molecular weight is 553 g/mol. The summed E-state index contributed by atoms with van der Waals surface area (Å²) in [7, 11) is 0. The van der Waals surface area contributed by atoms with Crippen molar-refractivity contribution in [3.05, 3.63) is 112 Å². The number of hydrogen-bond donors (Lipinski definition) is 3. The molecule has 37 heavy (non-hydrogen) atoms. The minimum absolute atomic E-state index is 0.155. The number of fused-ring (bicyclic) bond motifs is 1. The van der Waals surface area contributed by atoms with E-state index in [0.717, 1.165) is 21.4 Å². The van der Waals surface area contributed by atoms with Crippen molar-refractivity contribution >= 4 is 33.3 Å². The van der Waals surface area contributed by atoms with Gasteiger partial charge in [0.05, 0.1) is 28.0 Å². The Bertz CT molecular complexity index is 1620. The molecule has 0 saturated heterocycles. The molecule has 0 aliphatic carbocycles. The first-order valence-corrected chi connectivity index (χ1v) is 12.2. The predicted octanol–water partition coefficient (Wildman–Crippen LogP) is 5.28. The van der Waals surface area contributed by atoms with Crippen molar-refractivity contribution in [1.29, 1.82) is 5.26 Å². The van der Waals surface area contributed by atoms with Crippen LogP contribution < -0.4 is 10.6 Å². The van der Waals surface area contributed by atoms with Gasteiger partial charge in [-0.05, 0) is 63.5 Å². The first-order valence-electron chi connectivity index (χ1n) is 11.4. The van der Waals surface area contributed by atoms with Crippen LogP contribution in [-0.4, -0.2) is 25.6 Å². The van der Waals surface area contributed by atoms with Crippen LogP contribution in [0.5, 0.6) is 5.75 Å². The van der Waals surface area contributed by atoms with E-state index in [9.17, 15) is 9.90 Å². The van der Waals surface area contributed by atoms with Gasteiger partial charge in [0.1, 0.15) is 11.6 Å². The Morgan fingerprint density at radius 3 is 2.41 bits per heavy atom. The van der Waals surface area contributed by atoms with Gasteiger partial charge in [-0.15, -0.1) is 0 Å². The summed E-state index contributed by atoms with van der Waals surface area (Å²) in [5.41, 5.74) is 4.94. The van der Waals surface area contributed by atoms with E-state index in [1.807, 2.05) is 48.5 Å². The molecule has 9 heteroatoms. The molecule has 3 aromatic carbocycles. The number of aromatic nitrogens is 3. The highest BCUT2D eigenvalue weighted by atomic mass is 79.9. The molecular formula is C28H21BrN6O2. The largest absolute Gasteiger partial charge is 0.507 e. The summed E-state index contributed by atoms with van der Waals surface area (Å²) in [6, 6.07) is 25.4. The molecule has 8 nitrogen and oxygen atoms in total. The fourth-order valence-electron chi connectivity index (χ4n) is 3.84. The molecule has 0 spiro atoms. The molecule has 0 radical (unpaired) electrons. The lowest BCUT2D eigenvalue weighted by molar-refractivity contribution is 0.0951. The topological polar surface area (TPSA) is 115 Å². The van der Waals surface area contributed by atoms with Crippen LogP contribution in [0.4, 0.5) is 5.82 Å². The number of aromatic hydroxyl groups is 1. The quantitative estimate of drug-likeness (QED) is 0.253. The number of hydrogen-bond acceptors (Lipinski definition) is 6. The van der Waals surface area contributed by atoms with Crippen molar-refractivity contribution < 1.29 is 9.90 Å². The van der Waals surface area contributed by atoms with Crippen LogP contribution in [0.2, 0.25) is 0 Å². The number of nitriles is 1. The maximum Gasteiger partial charge on any atom is 0.251 e. The Kier molecular flexibility index (Phi) is 6.83. The summed E-state index contributed by atoms with van der Waals surface area (Å²) in [6.07, 6.45) is 1.68. The number of carbonyl (C=O) groups is 1. The van der Waals surface area contributed by atoms with Gasteiger partial charge in [0.2, 0.25) is 0 Å². The highest BCUT2D eigenvalue weighted by Gasteiger charge is 2.13. The van der Waals surface area contributed by atoms with Crippen LogP contribution >= 0.6 is 15.9 Å². The van der Waals surface area contributed by atoms with Gasteiger partial charge >= 0.3 is 0 Å². The van der Waals surface area contributed by atoms with Crippen molar-refractivity contribution in [1.82, 2.24) is 19.9 Å². The summed E-state index contributed by atoms with van der Waals surface area (Å²) in [4.78, 5) is 17.0. The monoisotopic (exact) mass is 552 g/mol. The number of para-hydroxylation sites is 1. The molecule has 0 unspecified atom stereocenters. The lowest BCUT2D eigenvalue weighted by Crippen LogP contribution is -2.22. The standard InChI is InChI=1S/C28H21BrN6O2/c29-23-17-33-35-26(13-24(34-27(23)35)22-3-1-2-4-25(22)36)31-15-19-5-7-20(8-6-19)16-32-28(37)21-11-9-18(14-30)10-12-21/h1-13,17,31,36H,15-16H2,(H,32,37). The molecule has 5 rings (SSSR count). The van der Waals surface area contributed by atoms with Crippen LogP contribution in [0.15, 0.2) is 89.5 Å². The highest BCUT2D eigenvalue weighted by Crippen LogP contribution is 2.31. The Morgan fingerprint density at radius 2 is 1.70 bits per heavy atom. The Morgan fingerprint density at radius 1 is 1.00 bits per heavy atom. The van der Waals surface area contributed by atoms with Crippen molar-refractivity contribution in [2.75, 3.05) is 5.32 Å². The zero-order valence-corrected chi connectivity index (χ0v) is 21.1. The Hall–Kier alpha value is -4.68. The van der Waals surface area contributed by atoms with Gasteiger partial charge < -0.3 is 15.7 Å². The maximum atomic E-state index is 12.4. The molecule has 0 atom stereocenters. The third-order valence-electron chi connectivity index (χ3n) is 5.83. The summed E-state index contributed by atoms with van der Waals surface area (Å²) >= 11 is 3.50. The number of phenolic OH excluding ortho intramolecular Hbond substituents is 1. The molecule has 0 fully saturated rings. The van der Waals surface area contributed by atoms with E-state index in [2.05, 4.69) is 36.6 Å². The lowest BCUT2D eigenvalue weighted by atomic mass is 10.1. The van der Waals surface area contributed by atoms with E-state index in [1.165, 1.54) is 0 Å². The van der Waals surface area contributed by atoms with E-state index in [0.29, 0.717) is 41.1 Å². The molecule has 0 aliphatic rings. The van der Waals surface area contributed by atoms with E-state index in [-0.39, 0.29) is 11.7 Å². The van der Waals surface area contributed by atoms with Gasteiger partial charge in [0.15, 0.2) is 5.65 Å². The van der Waals surface area contributed by atoms with Gasteiger partial charge in [-0.3, -0.25) is 4.79 Å². The minimum Gasteiger partial charge on any atom is -0.507 e. The van der Waals surface area contributed by atoms with Crippen LogP contribution in [0.3, 0.4) is 0 Å². The highest BCUT2D eigenvalue weighted by molar-refractivity contribution is 9.10. The molecule has 0 saturated carbocycles. The fraction of sp³-hybridized carbons (Fsp3) is 0.0714. The number of carbonyl (C=O) groups excluding carboxylic acids is 1. The second-order valence-electron chi connectivity index (χ2n) is 8.31. The van der Waals surface area contributed by atoms with Crippen molar-refractivity contribution in [2.24, 2.45) is 0 Å². The number of amides is 1. The number of rotatable bonds is 7. The summed E-state index contributed by atoms with van der Waals surface area (Å²) in [5.74, 6) is 0.693. The van der Waals surface area contributed by atoms with E-state index >= 15 is 0 Å². The maximum absolute atomic E-state index is 12.4. The van der Waals surface area contributed by atoms with E-state index in [1.54, 1.807) is 47.1 Å². The lowest BCUT2D eigenvalue weighted by Gasteiger charge is -2.12. The van der Waals surface area contributed by atoms with Crippen LogP contribution in [-0.2, 0) is 13.1 Å². The molecule has 1 amide bonds. The van der Waals surface area contributed by atoms with Crippen molar-refractivity contribution in [3.63, 3.8) is 0 Å². The summed E-state index contributed by atoms with van der Waals surface area (Å²) < 4.78 is 2.46. The molecule has 182 valence electrons. The van der Waals surface area contributed by atoms with Crippen LogP contribution in [0.1, 0.15) is 27.0 Å². The number of nitrogens with one attached hydrogen (secondary N) is 2. The Balaban J connectivity index is 1.27. The molecule has 0 aliphatic heterocycles. The summed E-state index contributed by atoms with van der Waals surface area (Å²) in [6.45, 7) is 0.928. The second kappa shape index (κ2) is 10.5. The first-order chi connectivity index (χ1) is 18.0. The first kappa shape index (κ1) is 24.0. The second-order valence-corrected chi connectivity index (χ2v) is 9.17. The number of anilines is 1. The fourth-order valence-corrected chi connectivity index (χ4v) is 4.19. The van der Waals surface area contributed by atoms with Crippen molar-refractivity contribution in [3.8, 4) is 23.1 Å². The summed E-state index contributed by atoms with van der Waals surface area (Å²) in [5, 5.41) is 29.9. The predicted molar refractivity (Wildman–Crippen MR) is 144 cm³/mol. The van der Waals surface area contributed by atoms with Gasteiger partial charge in [0.25, 0.3) is 5.91 Å². The smallest absolute Gasteiger partial charge is 0.251 e. The SMILES string of the molecule is N#Cc1ccc(C(=O)NCc2ccc(CNc3cc(-c4ccccc4O)nc4c(Br)cnn34)cc2)cc1. The van der Waals surface area contributed by atoms with Gasteiger partial charge in [0, 0.05) is 30.3 Å². The molecule has 2 heterocycles. The Labute approximate surface area is 221 Å². The van der Waals surface area contributed by atoms with E-state index in [4.69, 9.17) is 5.26 Å². The van der Waals surface area contributed by atoms with Crippen molar-refractivity contribution in [2.45, 2.75) is 13.1 Å². The third-order valence-corrected chi connectivity index (χ3v) is 6.39. The molecule has 2 aromatic heterocycles. The van der Waals surface area contributed by atoms with E-state index < -0.39 is 0 Å². The third kappa shape index (κ3) is 5.29. The van der Waals surface area contributed by atoms with Gasteiger partial charge in [-0.2, -0.15) is 14.9 Å². The molecule has 5 aromatic rings. The number of nitrogens with zero attached hydrogens (tertiary/aromatic N) is 4. The van der Waals surface area contributed by atoms with Crippen LogP contribution in [0.25, 0.3) is 16.9 Å². The number of halogens is 1. The average Bonchev–Trinajstić information content (AvgIpc) is 3.31. The zero-order valence-electron chi connectivity index (χ0n) is 19.5. The molecule has 0 bridgehead atoms.